The highest BCUT2D eigenvalue weighted by Gasteiger charge is 2.06. The van der Waals surface area contributed by atoms with Gasteiger partial charge < -0.3 is 14.8 Å². The number of carbonyl (C=O) groups excluding carboxylic acids is 1. The van der Waals surface area contributed by atoms with Gasteiger partial charge in [-0.2, -0.15) is 0 Å². The Morgan fingerprint density at radius 3 is 2.71 bits per heavy atom. The van der Waals surface area contributed by atoms with Crippen LogP contribution in [0.25, 0.3) is 0 Å². The topological polar surface area (TPSA) is 47.6 Å². The molecular formula is C19H22BrNO3. The third-order valence-electron chi connectivity index (χ3n) is 3.45. The minimum atomic E-state index is -0.172. The van der Waals surface area contributed by atoms with Gasteiger partial charge >= 0.3 is 0 Å². The van der Waals surface area contributed by atoms with Gasteiger partial charge in [0.25, 0.3) is 5.91 Å². The Morgan fingerprint density at radius 1 is 1.17 bits per heavy atom. The second-order valence-electron chi connectivity index (χ2n) is 5.42. The number of hydrogen-bond acceptors (Lipinski definition) is 3. The van der Waals surface area contributed by atoms with E-state index >= 15 is 0 Å². The van der Waals surface area contributed by atoms with Gasteiger partial charge in [0.2, 0.25) is 0 Å². The number of ether oxygens (including phenoxy) is 2. The zero-order valence-electron chi connectivity index (χ0n) is 14.0. The summed E-state index contributed by atoms with van der Waals surface area (Å²) >= 11 is 3.46. The molecule has 2 rings (SSSR count). The van der Waals surface area contributed by atoms with Crippen LogP contribution < -0.4 is 14.8 Å². The first kappa shape index (κ1) is 18.3. The molecule has 0 bridgehead atoms. The van der Waals surface area contributed by atoms with E-state index in [0.29, 0.717) is 18.9 Å². The van der Waals surface area contributed by atoms with Gasteiger partial charge in [0, 0.05) is 0 Å². The monoisotopic (exact) mass is 391 g/mol. The molecule has 1 N–H and O–H groups in total. The second-order valence-corrected chi connectivity index (χ2v) is 6.28. The van der Waals surface area contributed by atoms with Crippen molar-refractivity contribution in [3.63, 3.8) is 0 Å². The molecule has 0 atom stereocenters. The summed E-state index contributed by atoms with van der Waals surface area (Å²) in [6.45, 7) is 4.94. The van der Waals surface area contributed by atoms with Crippen molar-refractivity contribution in [2.75, 3.05) is 19.8 Å². The van der Waals surface area contributed by atoms with Crippen molar-refractivity contribution >= 4 is 21.8 Å². The maximum absolute atomic E-state index is 11.8. The van der Waals surface area contributed by atoms with Gasteiger partial charge in [0.05, 0.1) is 11.0 Å². The molecule has 4 nitrogen and oxygen atoms in total. The van der Waals surface area contributed by atoms with Gasteiger partial charge in [-0.25, -0.2) is 0 Å². The lowest BCUT2D eigenvalue weighted by atomic mass is 10.2. The maximum atomic E-state index is 11.8. The van der Waals surface area contributed by atoms with Crippen molar-refractivity contribution in [1.29, 1.82) is 0 Å². The van der Waals surface area contributed by atoms with Crippen LogP contribution in [0, 0.1) is 6.92 Å². The molecule has 0 saturated carbocycles. The average Bonchev–Trinajstić information content (AvgIpc) is 2.57. The van der Waals surface area contributed by atoms with Gasteiger partial charge in [-0.15, -0.1) is 0 Å². The standard InChI is InChI=1S/C19H22BrNO3/c1-3-15-7-8-18(17(20)12-15)24-13-19(22)21-9-10-23-16-6-4-5-14(2)11-16/h4-8,11-12H,3,9-10,13H2,1-2H3,(H,21,22). The molecule has 0 aliphatic rings. The molecule has 0 radical (unpaired) electrons. The molecule has 0 aliphatic carbocycles. The number of benzene rings is 2. The maximum Gasteiger partial charge on any atom is 0.258 e. The molecule has 1 amide bonds. The van der Waals surface area contributed by atoms with E-state index in [-0.39, 0.29) is 12.5 Å². The van der Waals surface area contributed by atoms with Crippen molar-refractivity contribution < 1.29 is 14.3 Å². The van der Waals surface area contributed by atoms with E-state index in [2.05, 4.69) is 28.2 Å². The van der Waals surface area contributed by atoms with Gasteiger partial charge in [0.15, 0.2) is 6.61 Å². The lowest BCUT2D eigenvalue weighted by Crippen LogP contribution is -2.32. The molecular weight excluding hydrogens is 370 g/mol. The van der Waals surface area contributed by atoms with Gasteiger partial charge in [-0.05, 0) is 64.7 Å². The predicted octanol–water partition coefficient (Wildman–Crippen LogP) is 3.89. The molecule has 0 spiro atoms. The Hall–Kier alpha value is -2.01. The van der Waals surface area contributed by atoms with Crippen LogP contribution in [0.3, 0.4) is 0 Å². The lowest BCUT2D eigenvalue weighted by Gasteiger charge is -2.10. The summed E-state index contributed by atoms with van der Waals surface area (Å²) in [4.78, 5) is 11.8. The number of hydrogen-bond donors (Lipinski definition) is 1. The molecule has 0 fully saturated rings. The zero-order chi connectivity index (χ0) is 17.4. The zero-order valence-corrected chi connectivity index (χ0v) is 15.6. The highest BCUT2D eigenvalue weighted by molar-refractivity contribution is 9.10. The van der Waals surface area contributed by atoms with E-state index in [1.54, 1.807) is 0 Å². The quantitative estimate of drug-likeness (QED) is 0.694. The van der Waals surface area contributed by atoms with Crippen LogP contribution in [-0.4, -0.2) is 25.7 Å². The highest BCUT2D eigenvalue weighted by atomic mass is 79.9. The summed E-state index contributed by atoms with van der Waals surface area (Å²) in [5.74, 6) is 1.30. The van der Waals surface area contributed by atoms with Gasteiger partial charge in [-0.3, -0.25) is 4.79 Å². The van der Waals surface area contributed by atoms with E-state index in [9.17, 15) is 4.79 Å². The van der Waals surface area contributed by atoms with Crippen LogP contribution in [0.1, 0.15) is 18.1 Å². The number of nitrogens with one attached hydrogen (secondary N) is 1. The van der Waals surface area contributed by atoms with Crippen LogP contribution in [-0.2, 0) is 11.2 Å². The van der Waals surface area contributed by atoms with E-state index in [4.69, 9.17) is 9.47 Å². The Kier molecular flexibility index (Phi) is 7.12. The number of amides is 1. The molecule has 0 aliphatic heterocycles. The van der Waals surface area contributed by atoms with Crippen molar-refractivity contribution in [2.45, 2.75) is 20.3 Å². The van der Waals surface area contributed by atoms with Gasteiger partial charge in [0.1, 0.15) is 18.1 Å². The van der Waals surface area contributed by atoms with Crippen LogP contribution in [0.2, 0.25) is 0 Å². The first-order valence-electron chi connectivity index (χ1n) is 7.96. The number of aryl methyl sites for hydroxylation is 2. The van der Waals surface area contributed by atoms with Crippen LogP contribution >= 0.6 is 15.9 Å². The molecule has 0 aromatic heterocycles. The molecule has 128 valence electrons. The molecule has 2 aromatic rings. The van der Waals surface area contributed by atoms with Crippen molar-refractivity contribution in [3.8, 4) is 11.5 Å². The molecule has 5 heteroatoms. The first-order chi connectivity index (χ1) is 11.6. The summed E-state index contributed by atoms with van der Waals surface area (Å²) in [7, 11) is 0. The first-order valence-corrected chi connectivity index (χ1v) is 8.75. The number of rotatable bonds is 8. The molecule has 2 aromatic carbocycles. The fourth-order valence-electron chi connectivity index (χ4n) is 2.14. The molecule has 24 heavy (non-hydrogen) atoms. The summed E-state index contributed by atoms with van der Waals surface area (Å²) in [5, 5.41) is 2.78. The predicted molar refractivity (Wildman–Crippen MR) is 98.7 cm³/mol. The summed E-state index contributed by atoms with van der Waals surface area (Å²) in [5.41, 5.74) is 2.36. The molecule has 0 heterocycles. The number of halogens is 1. The van der Waals surface area contributed by atoms with Crippen molar-refractivity contribution in [1.82, 2.24) is 5.32 Å². The van der Waals surface area contributed by atoms with E-state index in [0.717, 1.165) is 22.2 Å². The largest absolute Gasteiger partial charge is 0.492 e. The van der Waals surface area contributed by atoms with Crippen molar-refractivity contribution in [3.05, 3.63) is 58.1 Å². The van der Waals surface area contributed by atoms with Crippen molar-refractivity contribution in [2.24, 2.45) is 0 Å². The average molecular weight is 392 g/mol. The minimum Gasteiger partial charge on any atom is -0.492 e. The Balaban J connectivity index is 1.68. The SMILES string of the molecule is CCc1ccc(OCC(=O)NCCOc2cccc(C)c2)c(Br)c1. The second kappa shape index (κ2) is 9.33. The van der Waals surface area contributed by atoms with E-state index in [1.807, 2.05) is 49.4 Å². The normalized spacial score (nSPS) is 10.3. The van der Waals surface area contributed by atoms with Crippen LogP contribution in [0.4, 0.5) is 0 Å². The third-order valence-corrected chi connectivity index (χ3v) is 4.07. The van der Waals surface area contributed by atoms with Gasteiger partial charge in [-0.1, -0.05) is 25.1 Å². The minimum absolute atomic E-state index is 0.0193. The fraction of sp³-hybridized carbons (Fsp3) is 0.316. The van der Waals surface area contributed by atoms with E-state index in [1.165, 1.54) is 5.56 Å². The Bertz CT molecular complexity index is 688. The van der Waals surface area contributed by atoms with Crippen LogP contribution in [0.5, 0.6) is 11.5 Å². The summed E-state index contributed by atoms with van der Waals surface area (Å²) < 4.78 is 12.0. The number of carbonyl (C=O) groups is 1. The Labute approximate surface area is 151 Å². The summed E-state index contributed by atoms with van der Waals surface area (Å²) in [6.07, 6.45) is 0.959. The fourth-order valence-corrected chi connectivity index (χ4v) is 2.68. The van der Waals surface area contributed by atoms with Crippen LogP contribution in [0.15, 0.2) is 46.9 Å². The molecule has 0 saturated heterocycles. The lowest BCUT2D eigenvalue weighted by molar-refractivity contribution is -0.123. The highest BCUT2D eigenvalue weighted by Crippen LogP contribution is 2.26. The summed E-state index contributed by atoms with van der Waals surface area (Å²) in [6, 6.07) is 13.7. The molecule has 0 unspecified atom stereocenters. The Morgan fingerprint density at radius 2 is 2.00 bits per heavy atom. The van der Waals surface area contributed by atoms with E-state index < -0.39 is 0 Å². The third kappa shape index (κ3) is 5.89. The smallest absolute Gasteiger partial charge is 0.258 e.